The second-order valence-corrected chi connectivity index (χ2v) is 6.28. The highest BCUT2D eigenvalue weighted by molar-refractivity contribution is 5.91. The summed E-state index contributed by atoms with van der Waals surface area (Å²) in [5.41, 5.74) is 7.11. The summed E-state index contributed by atoms with van der Waals surface area (Å²) in [6, 6.07) is 1.76. The Hall–Kier alpha value is -1.42. The van der Waals surface area contributed by atoms with Crippen molar-refractivity contribution in [2.24, 2.45) is 5.92 Å². The van der Waals surface area contributed by atoms with E-state index in [9.17, 15) is 4.79 Å². The minimum absolute atomic E-state index is 0.272. The van der Waals surface area contributed by atoms with Gasteiger partial charge < -0.3 is 5.73 Å². The number of ketones is 1. The summed E-state index contributed by atoms with van der Waals surface area (Å²) in [4.78, 5) is 19.0. The number of carbonyl (C=O) groups excluding carboxylic acids is 1. The van der Waals surface area contributed by atoms with Crippen LogP contribution in [0.25, 0.3) is 0 Å². The van der Waals surface area contributed by atoms with Crippen LogP contribution in [0.5, 0.6) is 0 Å². The van der Waals surface area contributed by atoms with Crippen LogP contribution in [0.4, 0.5) is 5.69 Å². The van der Waals surface area contributed by atoms with Gasteiger partial charge in [-0.25, -0.2) is 0 Å². The third-order valence-electron chi connectivity index (χ3n) is 4.77. The normalized spacial score (nSPS) is 26.7. The SMILES string of the molecule is CC1CCC(C(=O)Cc2cnccc2N)(N(C)C)CC1. The third-order valence-corrected chi connectivity index (χ3v) is 4.77. The molecule has 0 aliphatic heterocycles. The number of nitrogen functional groups attached to an aromatic ring is 1. The van der Waals surface area contributed by atoms with E-state index in [1.807, 2.05) is 14.1 Å². The van der Waals surface area contributed by atoms with Crippen molar-refractivity contribution in [1.82, 2.24) is 9.88 Å². The fourth-order valence-electron chi connectivity index (χ4n) is 3.14. The molecule has 2 N–H and O–H groups in total. The molecule has 1 saturated carbocycles. The maximum absolute atomic E-state index is 12.9. The minimum atomic E-state index is -0.325. The van der Waals surface area contributed by atoms with Crippen LogP contribution in [0.1, 0.15) is 38.2 Å². The molecule has 1 fully saturated rings. The molecule has 4 heteroatoms. The Morgan fingerprint density at radius 1 is 1.45 bits per heavy atom. The van der Waals surface area contributed by atoms with Gasteiger partial charge >= 0.3 is 0 Å². The Morgan fingerprint density at radius 3 is 2.65 bits per heavy atom. The summed E-state index contributed by atoms with van der Waals surface area (Å²) >= 11 is 0. The zero-order valence-electron chi connectivity index (χ0n) is 12.7. The smallest absolute Gasteiger partial charge is 0.157 e. The van der Waals surface area contributed by atoms with Crippen molar-refractivity contribution in [2.75, 3.05) is 19.8 Å². The zero-order valence-corrected chi connectivity index (χ0v) is 12.7. The first kappa shape index (κ1) is 15.0. The first-order valence-corrected chi connectivity index (χ1v) is 7.35. The monoisotopic (exact) mass is 275 g/mol. The number of likely N-dealkylation sites (N-methyl/N-ethyl adjacent to an activating group) is 1. The number of Topliss-reactive ketones (excluding diaryl/α,β-unsaturated/α-hetero) is 1. The molecule has 1 aromatic rings. The highest BCUT2D eigenvalue weighted by Crippen LogP contribution is 2.36. The van der Waals surface area contributed by atoms with Gasteiger partial charge in [-0.15, -0.1) is 0 Å². The maximum atomic E-state index is 12.9. The fourth-order valence-corrected chi connectivity index (χ4v) is 3.14. The molecular weight excluding hydrogens is 250 g/mol. The van der Waals surface area contributed by atoms with Crippen LogP contribution >= 0.6 is 0 Å². The third kappa shape index (κ3) is 2.85. The van der Waals surface area contributed by atoms with Gasteiger partial charge in [0.05, 0.1) is 5.54 Å². The van der Waals surface area contributed by atoms with E-state index in [-0.39, 0.29) is 11.3 Å². The maximum Gasteiger partial charge on any atom is 0.157 e. The van der Waals surface area contributed by atoms with E-state index in [0.29, 0.717) is 12.1 Å². The van der Waals surface area contributed by atoms with Crippen LogP contribution in [0.2, 0.25) is 0 Å². The van der Waals surface area contributed by atoms with Crippen LogP contribution in [0, 0.1) is 5.92 Å². The van der Waals surface area contributed by atoms with Gasteiger partial charge in [0.2, 0.25) is 0 Å². The van der Waals surface area contributed by atoms with E-state index in [0.717, 1.165) is 37.2 Å². The summed E-state index contributed by atoms with van der Waals surface area (Å²) in [6.45, 7) is 2.27. The molecule has 1 heterocycles. The summed E-state index contributed by atoms with van der Waals surface area (Å²) in [7, 11) is 4.03. The summed E-state index contributed by atoms with van der Waals surface area (Å²) < 4.78 is 0. The number of carbonyl (C=O) groups is 1. The van der Waals surface area contributed by atoms with Crippen LogP contribution in [0.15, 0.2) is 18.5 Å². The predicted molar refractivity (Wildman–Crippen MR) is 81.4 cm³/mol. The average Bonchev–Trinajstić information content (AvgIpc) is 2.42. The summed E-state index contributed by atoms with van der Waals surface area (Å²) in [5.74, 6) is 0.994. The van der Waals surface area contributed by atoms with E-state index in [4.69, 9.17) is 5.73 Å². The molecule has 2 rings (SSSR count). The Labute approximate surface area is 121 Å². The standard InChI is InChI=1S/C16H25N3O/c1-12-4-7-16(8-5-12,19(2)3)15(20)10-13-11-18-9-6-14(13)17/h6,9,11-12H,4-5,7-8,10H2,1-3H3,(H2,17,18). The molecule has 1 aliphatic carbocycles. The van der Waals surface area contributed by atoms with E-state index >= 15 is 0 Å². The molecule has 0 radical (unpaired) electrons. The van der Waals surface area contributed by atoms with Crippen molar-refractivity contribution in [1.29, 1.82) is 0 Å². The van der Waals surface area contributed by atoms with Gasteiger partial charge in [-0.05, 0) is 51.8 Å². The highest BCUT2D eigenvalue weighted by Gasteiger charge is 2.42. The quantitative estimate of drug-likeness (QED) is 0.916. The van der Waals surface area contributed by atoms with Gasteiger partial charge in [0.25, 0.3) is 0 Å². The summed E-state index contributed by atoms with van der Waals surface area (Å²) in [5, 5.41) is 0. The lowest BCUT2D eigenvalue weighted by atomic mass is 9.72. The zero-order chi connectivity index (χ0) is 14.8. The number of nitrogens with zero attached hydrogens (tertiary/aromatic N) is 2. The Balaban J connectivity index is 2.18. The van der Waals surface area contributed by atoms with Crippen molar-refractivity contribution in [3.63, 3.8) is 0 Å². The van der Waals surface area contributed by atoms with Gasteiger partial charge in [0, 0.05) is 30.1 Å². The highest BCUT2D eigenvalue weighted by atomic mass is 16.1. The Morgan fingerprint density at radius 2 is 2.10 bits per heavy atom. The van der Waals surface area contributed by atoms with Crippen molar-refractivity contribution >= 4 is 11.5 Å². The molecular formula is C16H25N3O. The number of hydrogen-bond donors (Lipinski definition) is 1. The van der Waals surface area contributed by atoms with Crippen molar-refractivity contribution in [2.45, 2.75) is 44.6 Å². The molecule has 0 amide bonds. The van der Waals surface area contributed by atoms with Crippen LogP contribution in [0.3, 0.4) is 0 Å². The number of pyridine rings is 1. The molecule has 0 atom stereocenters. The topological polar surface area (TPSA) is 59.2 Å². The lowest BCUT2D eigenvalue weighted by molar-refractivity contribution is -0.131. The molecule has 0 bridgehead atoms. The fraction of sp³-hybridized carbons (Fsp3) is 0.625. The molecule has 20 heavy (non-hydrogen) atoms. The number of rotatable bonds is 4. The van der Waals surface area contributed by atoms with E-state index in [1.165, 1.54) is 0 Å². The van der Waals surface area contributed by atoms with Crippen LogP contribution in [-0.2, 0) is 11.2 Å². The number of hydrogen-bond acceptors (Lipinski definition) is 4. The number of anilines is 1. The largest absolute Gasteiger partial charge is 0.398 e. The molecule has 0 unspecified atom stereocenters. The lowest BCUT2D eigenvalue weighted by Gasteiger charge is -2.43. The molecule has 0 aromatic carbocycles. The Kier molecular flexibility index (Phi) is 4.43. The van der Waals surface area contributed by atoms with Gasteiger partial charge in [-0.3, -0.25) is 14.7 Å². The molecule has 110 valence electrons. The first-order valence-electron chi connectivity index (χ1n) is 7.35. The lowest BCUT2D eigenvalue weighted by Crippen LogP contribution is -2.53. The predicted octanol–water partition coefficient (Wildman–Crippen LogP) is 2.29. The summed E-state index contributed by atoms with van der Waals surface area (Å²) in [6.07, 6.45) is 7.88. The van der Waals surface area contributed by atoms with Crippen LogP contribution < -0.4 is 5.73 Å². The van der Waals surface area contributed by atoms with E-state index in [2.05, 4.69) is 16.8 Å². The molecule has 4 nitrogen and oxygen atoms in total. The van der Waals surface area contributed by atoms with Crippen LogP contribution in [-0.4, -0.2) is 35.3 Å². The average molecular weight is 275 g/mol. The van der Waals surface area contributed by atoms with Gasteiger partial charge in [0.1, 0.15) is 0 Å². The first-order chi connectivity index (χ1) is 9.45. The number of aromatic nitrogens is 1. The number of nitrogens with two attached hydrogens (primary N) is 1. The second kappa shape index (κ2) is 5.92. The second-order valence-electron chi connectivity index (χ2n) is 6.28. The van der Waals surface area contributed by atoms with Crippen molar-refractivity contribution in [3.8, 4) is 0 Å². The van der Waals surface area contributed by atoms with Crippen molar-refractivity contribution < 1.29 is 4.79 Å². The van der Waals surface area contributed by atoms with Gasteiger partial charge in [0.15, 0.2) is 5.78 Å². The van der Waals surface area contributed by atoms with E-state index < -0.39 is 0 Å². The van der Waals surface area contributed by atoms with Gasteiger partial charge in [-0.1, -0.05) is 6.92 Å². The Bertz CT molecular complexity index is 476. The molecule has 1 aliphatic rings. The molecule has 0 saturated heterocycles. The molecule has 0 spiro atoms. The minimum Gasteiger partial charge on any atom is -0.398 e. The van der Waals surface area contributed by atoms with Crippen molar-refractivity contribution in [3.05, 3.63) is 24.0 Å². The molecule has 1 aromatic heterocycles. The van der Waals surface area contributed by atoms with Gasteiger partial charge in [-0.2, -0.15) is 0 Å². The van der Waals surface area contributed by atoms with E-state index in [1.54, 1.807) is 18.5 Å².